The second kappa shape index (κ2) is 39.0. The van der Waals surface area contributed by atoms with Crippen molar-refractivity contribution in [2.24, 2.45) is 0 Å². The maximum absolute atomic E-state index is 12.5. The van der Waals surface area contributed by atoms with Gasteiger partial charge in [0.15, 0.2) is 10.3 Å². The molecule has 7 N–H and O–H groups in total. The predicted octanol–water partition coefficient (Wildman–Crippen LogP) is 1.73. The summed E-state index contributed by atoms with van der Waals surface area (Å²) < 4.78 is 20.4. The van der Waals surface area contributed by atoms with E-state index in [1.165, 1.54) is 69.2 Å². The van der Waals surface area contributed by atoms with Crippen molar-refractivity contribution in [3.63, 3.8) is 0 Å². The van der Waals surface area contributed by atoms with Gasteiger partial charge >= 0.3 is 123 Å². The number of pyridine rings is 5. The van der Waals surface area contributed by atoms with E-state index in [4.69, 9.17) is 59.5 Å². The average Bonchev–Trinajstić information content (AvgIpc) is 4.15. The third-order valence-corrected chi connectivity index (χ3v) is 9.47. The van der Waals surface area contributed by atoms with Gasteiger partial charge in [-0.15, -0.1) is 12.4 Å². The van der Waals surface area contributed by atoms with Gasteiger partial charge in [0.25, 0.3) is 11.1 Å². The number of hydrogen-bond acceptors (Lipinski definition) is 17. The fraction of sp³-hybridized carbons (Fsp3) is 0.282. The molecule has 0 bridgehead atoms. The summed E-state index contributed by atoms with van der Waals surface area (Å²) >= 11 is 19.5. The number of rotatable bonds is 11. The van der Waals surface area contributed by atoms with Crippen LogP contribution in [0.25, 0.3) is 0 Å². The first-order valence-electron chi connectivity index (χ1n) is 20.0. The van der Waals surface area contributed by atoms with Crippen LogP contribution in [-0.4, -0.2) is 128 Å². The first-order valence-corrected chi connectivity index (χ1v) is 41.1. The molecular formula is C39H42Cl6K3N10O9PS. The van der Waals surface area contributed by atoms with Crippen LogP contribution in [0.3, 0.4) is 0 Å². The van der Waals surface area contributed by atoms with Gasteiger partial charge in [0.1, 0.15) is 11.6 Å². The molecule has 1 unspecified atom stereocenters. The number of aromatic carboxylic acids is 1. The van der Waals surface area contributed by atoms with Gasteiger partial charge in [0.2, 0.25) is 15.0 Å². The molecule has 0 saturated heterocycles. The third kappa shape index (κ3) is 30.0. The minimum atomic E-state index is -3.15. The maximum atomic E-state index is 12.5. The number of aryl methyl sites for hydroxylation is 2. The van der Waals surface area contributed by atoms with Gasteiger partial charge in [-0.1, -0.05) is 23.2 Å². The molecule has 5 aromatic rings. The Bertz CT molecular complexity index is 2330. The Kier molecular flexibility index (Phi) is 39.2. The van der Waals surface area contributed by atoms with Gasteiger partial charge < -0.3 is 41.7 Å². The summed E-state index contributed by atoms with van der Waals surface area (Å²) in [5, 5.41) is 30.5. The molecule has 3 saturated carbocycles. The molecule has 69 heavy (non-hydrogen) atoms. The number of halogens is 6. The van der Waals surface area contributed by atoms with Crippen LogP contribution in [0.5, 0.6) is 0 Å². The normalized spacial score (nSPS) is 12.8. The standard InChI is InChI=1S/C15H15ClN4O.C9H9ClN2O.C9H10N2O2.C6H7ClN2.Cl2OS.ClH.3K.HO4P/c1-9-6-8-17-13(16)12(9)20-15(21)11-3-2-7-18-14(11)19-10-4-5-10;10-8(13)7-2-1-5-11-9(7)12-6-3-4-6;12-9(13)7-2-1-5-10-8(7)11-6-3-4-6;1-4-2-3-9-6(7)5(4)8;1-4(2)3;;;;;1-4-5(2)3/h2-3,6-8,10H,4-5H2,1H3,(H,18,19)(H,20,21);1-2,5-6H,3-4H2,(H,11,12);1-2,5-6H,3-4H2,(H,10,11)(H,12,13);2-3H,8H2,1H3;;1H;;;;1H/q;;;;;;;;+1;/p-1. The fourth-order valence-corrected chi connectivity index (χ4v) is 5.44. The molecule has 5 aromatic heterocycles. The molecule has 19 nitrogen and oxygen atoms in total. The van der Waals surface area contributed by atoms with Crippen LogP contribution < -0.4 is 93.6 Å². The van der Waals surface area contributed by atoms with Crippen molar-refractivity contribution in [2.45, 2.75) is 70.5 Å². The summed E-state index contributed by atoms with van der Waals surface area (Å²) in [5.41, 5.74) is 9.57. The zero-order valence-corrected chi connectivity index (χ0v) is 53.4. The third-order valence-electron chi connectivity index (χ3n) is 8.55. The summed E-state index contributed by atoms with van der Waals surface area (Å²) in [5.74, 6) is 0.356. The van der Waals surface area contributed by atoms with Gasteiger partial charge in [-0.25, -0.2) is 33.8 Å². The second-order valence-electron chi connectivity index (χ2n) is 13.7. The molecule has 3 aliphatic rings. The fourth-order valence-electron chi connectivity index (χ4n) is 4.83. The average molecular weight is 1190 g/mol. The van der Waals surface area contributed by atoms with E-state index in [0.29, 0.717) is 63.2 Å². The molecule has 3 fully saturated rings. The van der Waals surface area contributed by atoms with Crippen molar-refractivity contribution in [1.29, 1.82) is 0 Å². The molecule has 3 aliphatic carbocycles. The Labute approximate surface area is 519 Å². The van der Waals surface area contributed by atoms with E-state index in [0.717, 1.165) is 49.7 Å². The SMILES string of the molecule is Cc1ccnc(Cl)c1N.Cc1ccnc(Cl)c1NC(=O)c1cccnc1NC1CC1.Cl.O=C(Cl)c1cccnc1NC1CC1.O=C([O-])c1cccnc1[NH2+]C1CC1.O=S(Cl)Cl.O=[P+]([O-])O[O-].[K+].[K][K]. The first kappa shape index (κ1) is 69.5. The minimum absolute atomic E-state index is 0. The Morgan fingerprint density at radius 2 is 1.22 bits per heavy atom. The second-order valence-corrected chi connectivity index (χ2v) is 17.9. The number of nitrogens with two attached hydrogens (primary N) is 2. The van der Waals surface area contributed by atoms with Gasteiger partial charge in [0.05, 0.1) is 40.1 Å². The van der Waals surface area contributed by atoms with E-state index in [9.17, 15) is 19.5 Å². The number of anilines is 4. The van der Waals surface area contributed by atoms with E-state index < -0.39 is 28.7 Å². The van der Waals surface area contributed by atoms with Crippen LogP contribution in [0.1, 0.15) is 80.7 Å². The Hall–Kier alpha value is 0.499. The Morgan fingerprint density at radius 1 is 0.783 bits per heavy atom. The van der Waals surface area contributed by atoms with Crippen molar-refractivity contribution in [3.8, 4) is 0 Å². The number of carboxylic acid groups (broad SMARTS) is 1. The van der Waals surface area contributed by atoms with Gasteiger partial charge in [-0.05, 0) is 115 Å². The molecule has 30 heteroatoms. The van der Waals surface area contributed by atoms with Crippen molar-refractivity contribution in [1.82, 2.24) is 24.9 Å². The van der Waals surface area contributed by atoms with E-state index >= 15 is 0 Å². The van der Waals surface area contributed by atoms with Crippen LogP contribution >= 0.6 is 76.8 Å². The first-order chi connectivity index (χ1) is 31.9. The molecule has 5 heterocycles. The number of nitrogens with zero attached hydrogens (tertiary/aromatic N) is 5. The van der Waals surface area contributed by atoms with Gasteiger partial charge in [-0.3, -0.25) is 14.9 Å². The van der Waals surface area contributed by atoms with Crippen LogP contribution in [0.15, 0.2) is 79.5 Å². The number of nitrogens with one attached hydrogen (secondary N) is 3. The molecule has 0 radical (unpaired) electrons. The van der Waals surface area contributed by atoms with Crippen LogP contribution in [0.4, 0.5) is 28.8 Å². The topological polar surface area (TPSA) is 307 Å². The predicted molar refractivity (Wildman–Crippen MR) is 263 cm³/mol. The number of nitrogen functional groups attached to an aromatic ring is 1. The van der Waals surface area contributed by atoms with Gasteiger partial charge in [0, 0.05) is 77.3 Å². The molecular weight excluding hydrogens is 1150 g/mol. The van der Waals surface area contributed by atoms with Crippen LogP contribution in [-0.2, 0) is 18.5 Å². The molecule has 0 aromatic carbocycles. The van der Waals surface area contributed by atoms with Crippen LogP contribution in [0, 0.1) is 13.8 Å². The zero-order valence-electron chi connectivity index (χ0n) is 37.7. The Morgan fingerprint density at radius 3 is 1.62 bits per heavy atom. The molecule has 358 valence electrons. The molecule has 0 spiro atoms. The van der Waals surface area contributed by atoms with Crippen molar-refractivity contribution in [3.05, 3.63) is 118 Å². The van der Waals surface area contributed by atoms with E-state index in [-0.39, 0.29) is 80.4 Å². The summed E-state index contributed by atoms with van der Waals surface area (Å²) in [4.78, 5) is 63.0. The Balaban J connectivity index is 0.000000852. The summed E-state index contributed by atoms with van der Waals surface area (Å²) in [6.45, 7) is 3.76. The molecule has 0 aliphatic heterocycles. The van der Waals surface area contributed by atoms with Crippen molar-refractivity contribution >= 4 is 195 Å². The number of amides is 1. The number of quaternary nitrogens is 1. The zero-order chi connectivity index (χ0) is 50.1. The summed E-state index contributed by atoms with van der Waals surface area (Å²) in [6, 6.07) is 15.0. The van der Waals surface area contributed by atoms with Crippen molar-refractivity contribution in [2.75, 3.05) is 21.7 Å². The number of hydrogen-bond donors (Lipinski definition) is 5. The summed E-state index contributed by atoms with van der Waals surface area (Å²) in [7, 11) is 4.20. The van der Waals surface area contributed by atoms with E-state index in [2.05, 4.69) is 66.9 Å². The molecule has 8 rings (SSSR count). The van der Waals surface area contributed by atoms with Crippen molar-refractivity contribution < 1.29 is 99.8 Å². The van der Waals surface area contributed by atoms with Crippen LogP contribution in [0.2, 0.25) is 10.3 Å². The van der Waals surface area contributed by atoms with E-state index in [1.807, 2.05) is 25.2 Å². The number of carbonyl (C=O) groups excluding carboxylic acids is 3. The number of aromatic nitrogens is 5. The quantitative estimate of drug-likeness (QED) is 0.0314. The van der Waals surface area contributed by atoms with E-state index in [1.54, 1.807) is 67.4 Å². The van der Waals surface area contributed by atoms with Gasteiger partial charge in [-0.2, -0.15) is 0 Å². The monoisotopic (exact) mass is 1180 g/mol. The molecule has 1 atom stereocenters. The number of carbonyl (C=O) groups is 3. The number of carboxylic acids is 1. The summed E-state index contributed by atoms with van der Waals surface area (Å²) in [6.07, 6.45) is 15.0. The molecule has 1 amide bonds.